The molecule has 139 heavy (non-hydrogen) atoms. The number of ketones is 4. The number of aliphatic hydroxyl groups is 2. The lowest BCUT2D eigenvalue weighted by atomic mass is 10.0. The average molecular weight is 2050 g/mol. The standard InChI is InChI=1S/C20H16F2N2O4S.C18H14F2N2O3S.C18H12F2N2O3S.C17H16F2N2O3S.C15H10ClF2NOS.C8H11NO2S/c1-11(25)28-9-8-13-3-7-18(29-13)24-17(26)6-5-15(20(24)23)19(27)14-4-2-12(21)10-16(14)22;2*19-10-1-3-12(14(20)9-10)17(25)13-4-5-15(24)22(18(13)21)16-6-2-11(26-16)7-8-23;1-10(22)24-7-6-12-3-5-17(25-12)21-16(20)9-15(23)13-4-2-11(18)8-14(13)19;16-9-1-4-11(5-2-9)21-15(19)8-14(20)12-6-3-10(17)7-13(12)18;1-6(10)11-5-4-7-2-3-8(9)12-7/h2-7,10H,8-9,23H2,1H3;1-6,9,23H,7-8,21H2;1-6,8-9H,7,21H2;2-5,8-9,23H,6-7H2,1H3,(H2,20,21);1-7,19H,8H2;2-3H,4-5,9H2,1H3. The molecule has 0 bridgehead atoms. The predicted octanol–water partition coefficient (Wildman–Crippen LogP) is 18.5. The van der Waals surface area contributed by atoms with Crippen LogP contribution in [0.1, 0.15) is 115 Å². The number of ether oxygens (including phenoxy) is 3. The second kappa shape index (κ2) is 51.4. The van der Waals surface area contributed by atoms with E-state index in [4.69, 9.17) is 65.0 Å². The van der Waals surface area contributed by atoms with Crippen molar-refractivity contribution in [3.8, 4) is 15.0 Å². The number of hydrogen-bond acceptors (Lipinski definition) is 28. The number of hydrogen-bond donors (Lipinski definition) is 8. The van der Waals surface area contributed by atoms with Gasteiger partial charge in [-0.25, -0.2) is 48.9 Å². The Morgan fingerprint density at radius 3 is 1.12 bits per heavy atom. The first-order chi connectivity index (χ1) is 66.1. The van der Waals surface area contributed by atoms with Crippen molar-refractivity contribution in [1.82, 2.24) is 13.7 Å². The number of aldehydes is 1. The number of nitrogens with zero attached hydrogens (tertiary/aromatic N) is 4. The fraction of sp³-hybridized carbons (Fsp3) is 0.135. The van der Waals surface area contributed by atoms with E-state index in [2.05, 4.69) is 4.99 Å². The van der Waals surface area contributed by atoms with Crippen molar-refractivity contribution in [3.63, 3.8) is 0 Å². The number of esters is 3. The number of benzene rings is 6. The fourth-order valence-electron chi connectivity index (χ4n) is 12.1. The van der Waals surface area contributed by atoms with Crippen molar-refractivity contribution in [3.05, 3.63) is 382 Å². The summed E-state index contributed by atoms with van der Waals surface area (Å²) in [4.78, 5) is 139. The lowest BCUT2D eigenvalue weighted by molar-refractivity contribution is -0.141. The minimum Gasteiger partial charge on any atom is -0.507 e. The number of nitrogens with two attached hydrogens (primary N) is 5. The molecule has 0 amide bonds. The van der Waals surface area contributed by atoms with Crippen LogP contribution in [0.25, 0.3) is 20.8 Å². The number of pyridine rings is 3. The molecule has 14 rings (SSSR count). The van der Waals surface area contributed by atoms with Gasteiger partial charge in [0, 0.05) is 148 Å². The number of halogens is 11. The Hall–Kier alpha value is -14.8. The number of amidine groups is 1. The SMILES string of the molecule is CC(=O)OCCc1ccc(-n2c(N)c(C(=O)c3ccc(F)cc3F)ccc2=O)s1.CC(=O)OCCc1ccc(N)s1.CC(=O)OCCc1ccc(N=C(N)C=C(O)c2ccc(F)cc2F)s1.N=C(CC(=O)c1ccc(F)cc1F)Sc1ccc(Cl)cc1.Nc1c(C(=O)c2ccc(F)cc2F)ccc(=O)n1-c1ccc(CC=O)s1.Nc1c(C(=O)c2ccc(F)cc2F)ccc(=O)n1-c1ccc(CCO)s1. The van der Waals surface area contributed by atoms with E-state index in [1.54, 1.807) is 66.7 Å². The van der Waals surface area contributed by atoms with Gasteiger partial charge in [-0.1, -0.05) is 23.4 Å². The number of carbonyl (C=O) groups is 8. The molecule has 0 unspecified atom stereocenters. The van der Waals surface area contributed by atoms with E-state index in [1.807, 2.05) is 18.2 Å². The number of anilines is 4. The molecule has 14 aromatic rings. The van der Waals surface area contributed by atoms with E-state index < -0.39 is 104 Å². The Bertz CT molecular complexity index is 7160. The highest BCUT2D eigenvalue weighted by atomic mass is 35.5. The number of carbonyl (C=O) groups excluding carboxylic acids is 8. The van der Waals surface area contributed by atoms with Crippen LogP contribution in [0.4, 0.5) is 71.4 Å². The molecule has 0 fully saturated rings. The van der Waals surface area contributed by atoms with Crippen molar-refractivity contribution in [2.24, 2.45) is 10.7 Å². The average Bonchev–Trinajstić information content (AvgIpc) is 1.76. The van der Waals surface area contributed by atoms with E-state index in [0.717, 1.165) is 157 Å². The minimum absolute atomic E-state index is 0.0328. The molecular weight excluding hydrogens is 1970 g/mol. The van der Waals surface area contributed by atoms with Gasteiger partial charge in [-0.15, -0.1) is 56.7 Å². The van der Waals surface area contributed by atoms with Gasteiger partial charge in [0.05, 0.1) is 80.8 Å². The van der Waals surface area contributed by atoms with Gasteiger partial charge < -0.3 is 57.9 Å². The first kappa shape index (κ1) is 108. The molecule has 0 aliphatic heterocycles. The molecule has 0 saturated carbocycles. The van der Waals surface area contributed by atoms with Crippen molar-refractivity contribution in [2.75, 3.05) is 49.4 Å². The van der Waals surface area contributed by atoms with Crippen molar-refractivity contribution in [2.45, 2.75) is 64.2 Å². The Morgan fingerprint density at radius 2 is 0.755 bits per heavy atom. The van der Waals surface area contributed by atoms with Crippen LogP contribution in [0.5, 0.6) is 0 Å². The molecule has 0 aliphatic carbocycles. The first-order valence-corrected chi connectivity index (χ1v) is 45.8. The van der Waals surface area contributed by atoms with E-state index >= 15 is 0 Å². The molecular formula is C96H79ClF10N10O16S6. The maximum atomic E-state index is 14.0. The first-order valence-electron chi connectivity index (χ1n) is 40.5. The topological polar surface area (TPSA) is 437 Å². The van der Waals surface area contributed by atoms with E-state index in [-0.39, 0.29) is 123 Å². The summed E-state index contributed by atoms with van der Waals surface area (Å²) >= 11 is 13.4. The monoisotopic (exact) mass is 2040 g/mol. The number of nitrogen functional groups attached to an aromatic ring is 4. The highest BCUT2D eigenvalue weighted by Gasteiger charge is 2.26. The molecule has 13 N–H and O–H groups in total. The second-order valence-corrected chi connectivity index (χ2v) is 35.9. The zero-order valence-corrected chi connectivity index (χ0v) is 78.5. The van der Waals surface area contributed by atoms with E-state index in [0.29, 0.717) is 81.2 Å². The summed E-state index contributed by atoms with van der Waals surface area (Å²) < 4.78 is 152. The number of nitrogens with one attached hydrogen (secondary N) is 1. The summed E-state index contributed by atoms with van der Waals surface area (Å²) in [5, 5.41) is 30.1. The molecule has 0 radical (unpaired) electrons. The van der Waals surface area contributed by atoms with Gasteiger partial charge in [-0.05, 0) is 164 Å². The van der Waals surface area contributed by atoms with Crippen LogP contribution in [0, 0.1) is 63.6 Å². The number of thiophene rings is 5. The highest BCUT2D eigenvalue weighted by molar-refractivity contribution is 8.13. The lowest BCUT2D eigenvalue weighted by Crippen LogP contribution is -2.23. The van der Waals surface area contributed by atoms with Gasteiger partial charge >= 0.3 is 17.9 Å². The molecule has 43 heteroatoms. The number of aliphatic hydroxyl groups excluding tert-OH is 2. The van der Waals surface area contributed by atoms with E-state index in [1.165, 1.54) is 95.7 Å². The Labute approximate surface area is 812 Å². The Balaban J connectivity index is 0.000000189. The third kappa shape index (κ3) is 31.4. The van der Waals surface area contributed by atoms with Gasteiger partial charge in [0.15, 0.2) is 23.1 Å². The second-order valence-electron chi connectivity index (χ2n) is 28.5. The van der Waals surface area contributed by atoms with Crippen molar-refractivity contribution in [1.29, 1.82) is 5.41 Å². The zero-order chi connectivity index (χ0) is 102. The molecule has 8 aromatic heterocycles. The van der Waals surface area contributed by atoms with Gasteiger partial charge in [0.1, 0.15) is 114 Å². The molecule has 722 valence electrons. The normalized spacial score (nSPS) is 10.9. The molecule has 26 nitrogen and oxygen atoms in total. The Kier molecular flexibility index (Phi) is 39.9. The fourth-order valence-corrected chi connectivity index (χ4v) is 17.6. The number of rotatable bonds is 29. The minimum atomic E-state index is -1.02. The van der Waals surface area contributed by atoms with Gasteiger partial charge in [0.2, 0.25) is 0 Å². The molecule has 0 aliphatic rings. The van der Waals surface area contributed by atoms with Crippen molar-refractivity contribution < 1.29 is 107 Å². The van der Waals surface area contributed by atoms with Crippen LogP contribution in [0.2, 0.25) is 5.02 Å². The smallest absolute Gasteiger partial charge is 0.302 e. The molecule has 8 heterocycles. The molecule has 6 aromatic carbocycles. The maximum absolute atomic E-state index is 14.0. The molecule has 0 spiro atoms. The Morgan fingerprint density at radius 1 is 0.424 bits per heavy atom. The summed E-state index contributed by atoms with van der Waals surface area (Å²) in [6.07, 6.45) is 3.97. The largest absolute Gasteiger partial charge is 0.507 e. The van der Waals surface area contributed by atoms with Gasteiger partial charge in [-0.3, -0.25) is 67.1 Å². The highest BCUT2D eigenvalue weighted by Crippen LogP contribution is 2.33. The van der Waals surface area contributed by atoms with Crippen LogP contribution < -0.4 is 45.3 Å². The predicted molar refractivity (Wildman–Crippen MR) is 516 cm³/mol. The number of thioether (sulfide) groups is 1. The van der Waals surface area contributed by atoms with Crippen LogP contribution in [0.15, 0.2) is 243 Å². The van der Waals surface area contributed by atoms with Gasteiger partial charge in [0.25, 0.3) is 16.7 Å². The number of aromatic nitrogens is 3. The van der Waals surface area contributed by atoms with Crippen LogP contribution in [0.3, 0.4) is 0 Å². The summed E-state index contributed by atoms with van der Waals surface area (Å²) in [5.74, 6) is -13.5. The third-order valence-electron chi connectivity index (χ3n) is 18.5. The summed E-state index contributed by atoms with van der Waals surface area (Å²) in [5.41, 5.74) is 26.3. The maximum Gasteiger partial charge on any atom is 0.302 e. The quantitative estimate of drug-likeness (QED) is 0.00248. The number of Topliss-reactive ketones (excluding diaryl/α,β-unsaturated/α-hetero) is 1. The summed E-state index contributed by atoms with van der Waals surface area (Å²) in [6, 6.07) is 44.8. The van der Waals surface area contributed by atoms with Crippen molar-refractivity contribution >= 4 is 171 Å². The van der Waals surface area contributed by atoms with Crippen LogP contribution >= 0.6 is 80.0 Å². The van der Waals surface area contributed by atoms with Gasteiger partial charge in [-0.2, -0.15) is 0 Å². The molecule has 0 saturated heterocycles. The number of aliphatic imine (C=N–C) groups is 1. The zero-order valence-electron chi connectivity index (χ0n) is 72.8. The van der Waals surface area contributed by atoms with Crippen LogP contribution in [-0.2, 0) is 65.5 Å². The lowest BCUT2D eigenvalue weighted by Gasteiger charge is -2.11. The molecule has 0 atom stereocenters. The summed E-state index contributed by atoms with van der Waals surface area (Å²) in [6.45, 7) is 4.94. The van der Waals surface area contributed by atoms with Crippen LogP contribution in [-0.4, -0.2) is 109 Å². The summed E-state index contributed by atoms with van der Waals surface area (Å²) in [7, 11) is 0. The van der Waals surface area contributed by atoms with E-state index in [9.17, 15) is 102 Å². The third-order valence-corrected chi connectivity index (χ3v) is 25.0.